The number of aryl methyl sites for hydroxylation is 4. The van der Waals surface area contributed by atoms with Gasteiger partial charge in [-0.05, 0) is 177 Å². The summed E-state index contributed by atoms with van der Waals surface area (Å²) < 4.78 is 87.7. The number of amides is 3. The van der Waals surface area contributed by atoms with Crippen LogP contribution in [0.3, 0.4) is 0 Å². The highest BCUT2D eigenvalue weighted by Gasteiger charge is 2.56. The third kappa shape index (κ3) is 20.0. The molecule has 542 valence electrons. The summed E-state index contributed by atoms with van der Waals surface area (Å²) in [7, 11) is -3.87. The van der Waals surface area contributed by atoms with Gasteiger partial charge in [-0.3, -0.25) is 66.0 Å². The number of benzene rings is 4. The van der Waals surface area contributed by atoms with E-state index in [1.165, 1.54) is 64.7 Å². The van der Waals surface area contributed by atoms with Crippen LogP contribution in [-0.2, 0) is 121 Å². The summed E-state index contributed by atoms with van der Waals surface area (Å²) in [6.45, 7) is 12.9. The monoisotopic (exact) mass is 1410 g/mol. The molecule has 4 aromatic carbocycles. The molecule has 5 atom stereocenters. The van der Waals surface area contributed by atoms with Crippen molar-refractivity contribution in [2.45, 2.75) is 195 Å². The van der Waals surface area contributed by atoms with Crippen molar-refractivity contribution in [3.63, 3.8) is 0 Å². The van der Waals surface area contributed by atoms with E-state index in [4.69, 9.17) is 38.5 Å². The molecule has 1 fully saturated rings. The highest BCUT2D eigenvalue weighted by Crippen LogP contribution is 2.67. The zero-order chi connectivity index (χ0) is 72.7. The first-order valence-electron chi connectivity index (χ1n) is 34.4. The molecule has 3 N–H and O–H groups in total. The number of imidazole rings is 1. The fraction of sp³-hybridized carbons (Fsp3) is 0.533. The largest absolute Gasteiger partial charge is 0.438 e. The van der Waals surface area contributed by atoms with Crippen LogP contribution in [0.4, 0.5) is 14.5 Å². The molecular weight excluding hydrogens is 1310 g/mol. The van der Waals surface area contributed by atoms with Crippen LogP contribution in [0.15, 0.2) is 95.8 Å². The van der Waals surface area contributed by atoms with Gasteiger partial charge in [0.05, 0.1) is 58.8 Å². The summed E-state index contributed by atoms with van der Waals surface area (Å²) in [5, 5.41) is 3.09. The van der Waals surface area contributed by atoms with Gasteiger partial charge in [-0.25, -0.2) is 4.79 Å². The number of Topliss-reactive ketones (excluding diaryl/α,β-unsaturated/α-hetero) is 2. The van der Waals surface area contributed by atoms with Crippen molar-refractivity contribution in [2.24, 2.45) is 29.5 Å². The smallest absolute Gasteiger partial charge is 0.410 e. The lowest BCUT2D eigenvalue weighted by Crippen LogP contribution is -2.54. The number of carbonyl (C=O) groups is 8. The van der Waals surface area contributed by atoms with Gasteiger partial charge in [0.15, 0.2) is 11.6 Å². The summed E-state index contributed by atoms with van der Waals surface area (Å²) in [4.78, 5) is 119. The molecule has 1 unspecified atom stereocenters. The summed E-state index contributed by atoms with van der Waals surface area (Å²) in [5.74, 6) is -4.65. The number of nitrogens with two attached hydrogens (primary N) is 1. The van der Waals surface area contributed by atoms with Crippen LogP contribution in [0.1, 0.15) is 177 Å². The van der Waals surface area contributed by atoms with E-state index in [1.807, 2.05) is 60.7 Å². The number of nitrogens with zero attached hydrogens (tertiary/aromatic N) is 3. The number of primary amides is 1. The Labute approximate surface area is 582 Å². The number of hydrogen-bond acceptors (Lipinski definition) is 17. The number of unbranched alkanes of at least 4 members (excludes halogenated alkanes) is 2. The number of ketones is 3. The molecule has 0 saturated heterocycles. The predicted octanol–water partition coefficient (Wildman–Crippen LogP) is 11.6. The molecule has 0 spiro atoms. The number of allylic oxidation sites excluding steroid dienone is 2. The Bertz CT molecular complexity index is 3870. The number of para-hydroxylation sites is 2. The maximum absolute atomic E-state index is 16.3. The van der Waals surface area contributed by atoms with Crippen molar-refractivity contribution in [3.05, 3.63) is 140 Å². The van der Waals surface area contributed by atoms with E-state index in [9.17, 15) is 47.7 Å². The van der Waals surface area contributed by atoms with Gasteiger partial charge in [0.25, 0.3) is 0 Å². The van der Waals surface area contributed by atoms with Crippen LogP contribution < -0.4 is 21.6 Å². The molecular formula is C75H96F2N5O17P. The molecule has 100 heavy (non-hydrogen) atoms. The quantitative estimate of drug-likeness (QED) is 0.00941. The van der Waals surface area contributed by atoms with Crippen molar-refractivity contribution >= 4 is 76.9 Å². The van der Waals surface area contributed by atoms with E-state index in [2.05, 4.69) is 5.32 Å². The van der Waals surface area contributed by atoms with Crippen LogP contribution in [0.2, 0.25) is 0 Å². The van der Waals surface area contributed by atoms with Gasteiger partial charge >= 0.3 is 30.9 Å². The first-order chi connectivity index (χ1) is 47.4. The van der Waals surface area contributed by atoms with Gasteiger partial charge in [0.1, 0.15) is 11.8 Å². The van der Waals surface area contributed by atoms with Crippen LogP contribution >= 0.6 is 7.60 Å². The fourth-order valence-corrected chi connectivity index (χ4v) is 13.8. The van der Waals surface area contributed by atoms with E-state index in [1.54, 1.807) is 30.0 Å². The lowest BCUT2D eigenvalue weighted by atomic mass is 9.92. The number of halogens is 2. The molecule has 0 bridgehead atoms. The standard InChI is InChI=1S/C75H96F2N5O17P/c1-48(52-29-31-57(32-30-52)75(76,77)100(92,98-46-96-70(89)73(3,4)5)99-47-97-71(90)74(6,7)8)41-59(84)42-56-28-27-54-18-13-20-55-43-63(82(66(54)55)69(56)88)68(87)79-60(34-36-65(78)86)49(2)95-45-51-25-23-50(24-26-51)17-15-39-93-37-11-10-12-38-94-40-16-21-53-19-14-22-62-67(53)80(9)72(91)81(62)61-35-33-58(83)44-64(61)85/h13-14,18-20,22-26,29-32,41,49,56,60-61,63H,10-12,15-17,21,27-28,33-40,42-47H2,1-9H3,(H2,78,86)(H,79,87)/b48-41+/t49-,56-,60+,61?,63+/m1/s1. The number of carbonyl (C=O) groups excluding carboxylic acids is 8. The normalized spacial score (nSPS) is 17.4. The predicted molar refractivity (Wildman–Crippen MR) is 371 cm³/mol. The summed E-state index contributed by atoms with van der Waals surface area (Å²) in [6.07, 6.45) is 8.05. The van der Waals surface area contributed by atoms with E-state index < -0.39 is 109 Å². The van der Waals surface area contributed by atoms with Crippen molar-refractivity contribution < 1.29 is 84.4 Å². The number of hydrogen-bond donors (Lipinski definition) is 2. The Morgan fingerprint density at radius 2 is 1.34 bits per heavy atom. The molecule has 1 aromatic heterocycles. The van der Waals surface area contributed by atoms with Gasteiger partial charge in [0.2, 0.25) is 31.3 Å². The van der Waals surface area contributed by atoms with Crippen molar-refractivity contribution in [3.8, 4) is 0 Å². The molecule has 3 heterocycles. The molecule has 25 heteroatoms. The number of fused-ring (bicyclic) bond motifs is 1. The van der Waals surface area contributed by atoms with Crippen LogP contribution in [0, 0.1) is 16.7 Å². The first kappa shape index (κ1) is 77.9. The van der Waals surface area contributed by atoms with Crippen LogP contribution in [0.5, 0.6) is 0 Å². The molecule has 3 aliphatic rings. The van der Waals surface area contributed by atoms with Crippen LogP contribution in [0.25, 0.3) is 16.6 Å². The van der Waals surface area contributed by atoms with Gasteiger partial charge < -0.3 is 34.7 Å². The number of nitrogens with one attached hydrogen (secondary N) is 1. The Morgan fingerprint density at radius 3 is 1.96 bits per heavy atom. The Morgan fingerprint density at radius 1 is 0.740 bits per heavy atom. The van der Waals surface area contributed by atoms with Crippen molar-refractivity contribution in [1.82, 2.24) is 14.5 Å². The lowest BCUT2D eigenvalue weighted by Gasteiger charge is -2.31. The Balaban J connectivity index is 0.772. The Hall–Kier alpha value is -7.86. The summed E-state index contributed by atoms with van der Waals surface area (Å²) >= 11 is 0. The average Bonchev–Trinajstić information content (AvgIpc) is 1.61. The minimum absolute atomic E-state index is 0.0386. The maximum Gasteiger partial charge on any atom is 0.410 e. The second-order valence-corrected chi connectivity index (χ2v) is 30.3. The third-order valence-corrected chi connectivity index (χ3v) is 20.2. The van der Waals surface area contributed by atoms with E-state index in [0.717, 1.165) is 95.9 Å². The number of anilines is 1. The number of alkyl halides is 2. The minimum Gasteiger partial charge on any atom is -0.438 e. The molecule has 0 radical (unpaired) electrons. The van der Waals surface area contributed by atoms with Crippen molar-refractivity contribution in [2.75, 3.05) is 44.9 Å². The number of aromatic nitrogens is 2. The lowest BCUT2D eigenvalue weighted by molar-refractivity contribution is -0.163. The Kier molecular flexibility index (Phi) is 27.0. The molecule has 2 aliphatic heterocycles. The molecule has 1 aliphatic carbocycles. The number of rotatable bonds is 36. The average molecular weight is 1410 g/mol. The number of esters is 2. The molecule has 3 amide bonds. The van der Waals surface area contributed by atoms with Gasteiger partial charge in [0, 0.05) is 70.6 Å². The molecule has 8 rings (SSSR count). The molecule has 1 saturated carbocycles. The third-order valence-electron chi connectivity index (χ3n) is 18.4. The topological polar surface area (TPSA) is 286 Å². The minimum atomic E-state index is -5.59. The van der Waals surface area contributed by atoms with Gasteiger partial charge in [-0.15, -0.1) is 0 Å². The SMILES string of the molecule is C/C(=C\C(=O)C[C@H]1CCc2cccc3c2N(C1=O)[C@H](C(=O)N[C@@H](CCC(N)=O)[C@@H](C)OCc1ccc(CCCOCCCCCOCCCc2cccc4c2n(C)c(=O)n4C2CCC(=O)CC2=O)cc1)C3)c1ccc(C(F)(F)P(=O)(OCOC(=O)C(C)(C)C)OCOC(=O)C(C)(C)C)cc1. The van der Waals surface area contributed by atoms with E-state index in [0.29, 0.717) is 68.9 Å². The van der Waals surface area contributed by atoms with E-state index in [-0.39, 0.29) is 56.0 Å². The van der Waals surface area contributed by atoms with Gasteiger partial charge in [-0.2, -0.15) is 8.78 Å². The van der Waals surface area contributed by atoms with Gasteiger partial charge in [-0.1, -0.05) is 78.9 Å². The summed E-state index contributed by atoms with van der Waals surface area (Å²) in [6, 6.07) is 21.7. The van der Waals surface area contributed by atoms with Crippen LogP contribution in [-0.4, -0.2) is 114 Å². The molecule has 5 aromatic rings. The highest BCUT2D eigenvalue weighted by atomic mass is 31.2. The molecule has 22 nitrogen and oxygen atoms in total. The summed E-state index contributed by atoms with van der Waals surface area (Å²) in [5.41, 5.74) is 5.64. The highest BCUT2D eigenvalue weighted by molar-refractivity contribution is 7.54. The fourth-order valence-electron chi connectivity index (χ4n) is 12.6. The zero-order valence-corrected chi connectivity index (χ0v) is 59.8. The zero-order valence-electron chi connectivity index (χ0n) is 58.9. The maximum atomic E-state index is 16.3. The number of ether oxygens (including phenoxy) is 5. The second kappa shape index (κ2) is 34.7. The van der Waals surface area contributed by atoms with E-state index >= 15 is 8.78 Å². The second-order valence-electron chi connectivity index (χ2n) is 28.2. The van der Waals surface area contributed by atoms with Crippen molar-refractivity contribution in [1.29, 1.82) is 0 Å². The first-order valence-corrected chi connectivity index (χ1v) is 36.0.